The van der Waals surface area contributed by atoms with Crippen LogP contribution in [-0.4, -0.2) is 24.8 Å². The Kier molecular flexibility index (Phi) is 0.913. The summed E-state index contributed by atoms with van der Waals surface area (Å²) in [5.41, 5.74) is 0.672. The third kappa shape index (κ3) is 0.637. The molecule has 2 rings (SSSR count). The van der Waals surface area contributed by atoms with Crippen LogP contribution in [0.4, 0.5) is 0 Å². The molecule has 0 radical (unpaired) electrons. The van der Waals surface area contributed by atoms with Crippen LogP contribution in [0.1, 0.15) is 5.82 Å². The molecule has 0 unspecified atom stereocenters. The van der Waals surface area contributed by atoms with E-state index < -0.39 is 0 Å². The van der Waals surface area contributed by atoms with Crippen molar-refractivity contribution in [3.05, 3.63) is 18.3 Å². The Labute approximate surface area is 56.7 Å². The Morgan fingerprint density at radius 2 is 2.40 bits per heavy atom. The quantitative estimate of drug-likeness (QED) is 0.503. The fraction of sp³-hybridized carbons (Fsp3) is 0.200. The fourth-order valence-corrected chi connectivity index (χ4v) is 0.734. The van der Waals surface area contributed by atoms with Crippen LogP contribution in [-0.2, 0) is 0 Å². The lowest BCUT2D eigenvalue weighted by Gasteiger charge is -1.89. The highest BCUT2D eigenvalue weighted by molar-refractivity contribution is 5.29. The van der Waals surface area contributed by atoms with Gasteiger partial charge in [-0.2, -0.15) is 9.61 Å². The average Bonchev–Trinajstić information content (AvgIpc) is 2.33. The number of hydrogen-bond acceptors (Lipinski definition) is 4. The minimum atomic E-state index is 0.672. The summed E-state index contributed by atoms with van der Waals surface area (Å²) in [6.07, 6.45) is 3.18. The smallest absolute Gasteiger partial charge is 0.195 e. The highest BCUT2D eigenvalue weighted by atomic mass is 15.4. The van der Waals surface area contributed by atoms with Crippen molar-refractivity contribution in [2.75, 3.05) is 0 Å². The number of aromatic nitrogens is 5. The molecule has 2 aromatic heterocycles. The van der Waals surface area contributed by atoms with Crippen molar-refractivity contribution in [1.29, 1.82) is 0 Å². The van der Waals surface area contributed by atoms with Crippen LogP contribution in [0.2, 0.25) is 0 Å². The van der Waals surface area contributed by atoms with Crippen LogP contribution in [0, 0.1) is 6.92 Å². The largest absolute Gasteiger partial charge is 0.236 e. The first kappa shape index (κ1) is 5.28. The van der Waals surface area contributed by atoms with E-state index in [1.807, 2.05) is 6.92 Å². The van der Waals surface area contributed by atoms with E-state index in [-0.39, 0.29) is 0 Å². The molecule has 0 aliphatic heterocycles. The lowest BCUT2D eigenvalue weighted by atomic mass is 10.7. The van der Waals surface area contributed by atoms with Gasteiger partial charge in [-0.3, -0.25) is 0 Å². The van der Waals surface area contributed by atoms with E-state index in [0.717, 1.165) is 0 Å². The molecule has 10 heavy (non-hydrogen) atoms. The molecule has 0 spiro atoms. The van der Waals surface area contributed by atoms with Crippen LogP contribution in [0.5, 0.6) is 0 Å². The molecule has 0 bridgehead atoms. The molecular formula is C5H5N5. The van der Waals surface area contributed by atoms with Crippen molar-refractivity contribution in [3.8, 4) is 0 Å². The number of aryl methyl sites for hydroxylation is 1. The Balaban J connectivity index is 2.86. The van der Waals surface area contributed by atoms with E-state index in [4.69, 9.17) is 0 Å². The van der Waals surface area contributed by atoms with Gasteiger partial charge in [0.05, 0.1) is 6.20 Å². The molecule has 50 valence electrons. The molecule has 0 atom stereocenters. The Morgan fingerprint density at radius 3 is 3.30 bits per heavy atom. The molecular weight excluding hydrogens is 130 g/mol. The summed E-state index contributed by atoms with van der Waals surface area (Å²) < 4.78 is 1.59. The maximum absolute atomic E-state index is 4.02. The second kappa shape index (κ2) is 1.73. The molecule has 0 saturated heterocycles. The lowest BCUT2D eigenvalue weighted by molar-refractivity contribution is 0.848. The Bertz CT molecular complexity index is 352. The predicted molar refractivity (Wildman–Crippen MR) is 33.3 cm³/mol. The van der Waals surface area contributed by atoms with Crippen LogP contribution < -0.4 is 0 Å². The van der Waals surface area contributed by atoms with Crippen LogP contribution in [0.15, 0.2) is 12.5 Å². The van der Waals surface area contributed by atoms with E-state index in [1.54, 1.807) is 17.0 Å². The molecule has 5 nitrogen and oxygen atoms in total. The third-order valence-electron chi connectivity index (χ3n) is 1.18. The van der Waals surface area contributed by atoms with Crippen LogP contribution >= 0.6 is 0 Å². The summed E-state index contributed by atoms with van der Waals surface area (Å²) in [6, 6.07) is 0. The van der Waals surface area contributed by atoms with Crippen molar-refractivity contribution < 1.29 is 0 Å². The van der Waals surface area contributed by atoms with Crippen molar-refractivity contribution in [1.82, 2.24) is 24.8 Å². The first-order valence-corrected chi connectivity index (χ1v) is 2.86. The van der Waals surface area contributed by atoms with Crippen molar-refractivity contribution >= 4 is 5.65 Å². The van der Waals surface area contributed by atoms with Crippen molar-refractivity contribution in [2.45, 2.75) is 6.92 Å². The summed E-state index contributed by atoms with van der Waals surface area (Å²) in [5.74, 6) is 0.715. The minimum Gasteiger partial charge on any atom is -0.236 e. The molecule has 0 aliphatic rings. The van der Waals surface area contributed by atoms with E-state index in [2.05, 4.69) is 20.3 Å². The van der Waals surface area contributed by atoms with Gasteiger partial charge < -0.3 is 0 Å². The van der Waals surface area contributed by atoms with E-state index in [1.165, 1.54) is 0 Å². The molecule has 0 fully saturated rings. The Morgan fingerprint density at radius 1 is 1.50 bits per heavy atom. The predicted octanol–water partition coefficient (Wildman–Crippen LogP) is -0.172. The van der Waals surface area contributed by atoms with Crippen LogP contribution in [0.25, 0.3) is 5.65 Å². The summed E-state index contributed by atoms with van der Waals surface area (Å²) in [4.78, 5) is 3.95. The first-order chi connectivity index (χ1) is 4.86. The number of rotatable bonds is 0. The topological polar surface area (TPSA) is 56.0 Å². The van der Waals surface area contributed by atoms with Gasteiger partial charge in [0.2, 0.25) is 0 Å². The zero-order valence-corrected chi connectivity index (χ0v) is 5.39. The zero-order valence-electron chi connectivity index (χ0n) is 5.39. The van der Waals surface area contributed by atoms with Gasteiger partial charge in [-0.15, -0.1) is 10.2 Å². The Hall–Kier alpha value is -1.52. The third-order valence-corrected chi connectivity index (χ3v) is 1.18. The van der Waals surface area contributed by atoms with Gasteiger partial charge in [0.15, 0.2) is 5.65 Å². The summed E-state index contributed by atoms with van der Waals surface area (Å²) in [7, 11) is 0. The number of hydrogen-bond donors (Lipinski definition) is 0. The van der Waals surface area contributed by atoms with Gasteiger partial charge in [-0.1, -0.05) is 0 Å². The molecule has 2 aromatic rings. The maximum Gasteiger partial charge on any atom is 0.195 e. The fourth-order valence-electron chi connectivity index (χ4n) is 0.734. The lowest BCUT2D eigenvalue weighted by Crippen LogP contribution is -1.94. The van der Waals surface area contributed by atoms with Gasteiger partial charge >= 0.3 is 0 Å². The normalized spacial score (nSPS) is 10.5. The van der Waals surface area contributed by atoms with Crippen LogP contribution in [0.3, 0.4) is 0 Å². The number of fused-ring (bicyclic) bond motifs is 1. The minimum absolute atomic E-state index is 0.672. The molecule has 2 heterocycles. The molecule has 0 N–H and O–H groups in total. The standard InChI is InChI=1S/C5H5N5/c1-4-6-2-5-8-7-3-10(5)9-4/h2-3H,1H3. The van der Waals surface area contributed by atoms with E-state index >= 15 is 0 Å². The van der Waals surface area contributed by atoms with E-state index in [0.29, 0.717) is 11.5 Å². The van der Waals surface area contributed by atoms with Gasteiger partial charge in [0.25, 0.3) is 0 Å². The number of nitrogens with zero attached hydrogens (tertiary/aromatic N) is 5. The second-order valence-corrected chi connectivity index (χ2v) is 1.94. The van der Waals surface area contributed by atoms with Gasteiger partial charge in [-0.05, 0) is 6.92 Å². The monoisotopic (exact) mass is 135 g/mol. The molecule has 0 aliphatic carbocycles. The maximum atomic E-state index is 4.02. The van der Waals surface area contributed by atoms with Gasteiger partial charge in [0, 0.05) is 0 Å². The highest BCUT2D eigenvalue weighted by Gasteiger charge is 1.94. The van der Waals surface area contributed by atoms with Gasteiger partial charge in [0.1, 0.15) is 12.2 Å². The molecule has 0 aromatic carbocycles. The molecule has 0 amide bonds. The SMILES string of the molecule is Cc1ncc2nncn2n1. The zero-order chi connectivity index (χ0) is 6.97. The van der Waals surface area contributed by atoms with Crippen molar-refractivity contribution in [3.63, 3.8) is 0 Å². The van der Waals surface area contributed by atoms with E-state index in [9.17, 15) is 0 Å². The second-order valence-electron chi connectivity index (χ2n) is 1.94. The van der Waals surface area contributed by atoms with Crippen molar-refractivity contribution in [2.24, 2.45) is 0 Å². The summed E-state index contributed by atoms with van der Waals surface area (Å²) in [5, 5.41) is 11.4. The first-order valence-electron chi connectivity index (χ1n) is 2.86. The average molecular weight is 135 g/mol. The molecule has 0 saturated carbocycles. The van der Waals surface area contributed by atoms with Gasteiger partial charge in [-0.25, -0.2) is 4.98 Å². The molecule has 5 heteroatoms. The summed E-state index contributed by atoms with van der Waals surface area (Å²) in [6.45, 7) is 1.82. The summed E-state index contributed by atoms with van der Waals surface area (Å²) >= 11 is 0. The highest BCUT2D eigenvalue weighted by Crippen LogP contribution is 1.91.